The number of alkyl halides is 3. The molecule has 0 aliphatic heterocycles. The van der Waals surface area contributed by atoms with Crippen LogP contribution in [0.5, 0.6) is 0 Å². The van der Waals surface area contributed by atoms with E-state index in [2.05, 4.69) is 37.4 Å². The molecule has 3 heterocycles. The molecule has 0 fully saturated rings. The van der Waals surface area contributed by atoms with Crippen molar-refractivity contribution in [3.8, 4) is 11.8 Å². The molecule has 0 radical (unpaired) electrons. The lowest BCUT2D eigenvalue weighted by Gasteiger charge is -2.01. The van der Waals surface area contributed by atoms with E-state index in [0.29, 0.717) is 28.0 Å². The molecular weight excluding hydrogens is 425 g/mol. The summed E-state index contributed by atoms with van der Waals surface area (Å²) in [5, 5.41) is 11.2. The lowest BCUT2D eigenvalue weighted by Crippen LogP contribution is -2.02. The Balaban J connectivity index is 1.69. The minimum Gasteiger partial charge on any atom is -0.353 e. The van der Waals surface area contributed by atoms with Crippen molar-refractivity contribution in [1.82, 2.24) is 20.3 Å². The number of pyridine rings is 1. The standard InChI is InChI=1S/C18H10Cl3N5O2/c1-10-5-7-13-14(12(10)8-6-11-4-2-3-9-22-11)27-25-15(13)23-17-24-16(26-28-17)18(19,20)21/h2-5,7,9H,1H3,(H,23,24,25,26). The maximum atomic E-state index is 5.74. The summed E-state index contributed by atoms with van der Waals surface area (Å²) >= 11 is 17.2. The van der Waals surface area contributed by atoms with E-state index in [1.807, 2.05) is 37.3 Å². The molecular formula is C18H10Cl3N5O2. The highest BCUT2D eigenvalue weighted by molar-refractivity contribution is 6.66. The molecule has 1 N–H and O–H groups in total. The summed E-state index contributed by atoms with van der Waals surface area (Å²) in [6.07, 6.45) is 1.68. The first kappa shape index (κ1) is 18.6. The summed E-state index contributed by atoms with van der Waals surface area (Å²) < 4.78 is 8.73. The minimum atomic E-state index is -1.79. The van der Waals surface area contributed by atoms with Crippen LogP contribution >= 0.6 is 34.8 Å². The molecule has 4 aromatic rings. The zero-order valence-electron chi connectivity index (χ0n) is 14.2. The van der Waals surface area contributed by atoms with Crippen LogP contribution in [-0.2, 0) is 3.79 Å². The molecule has 3 aromatic heterocycles. The Bertz CT molecular complexity index is 1200. The Morgan fingerprint density at radius 1 is 1.04 bits per heavy atom. The van der Waals surface area contributed by atoms with E-state index >= 15 is 0 Å². The monoisotopic (exact) mass is 433 g/mol. The topological polar surface area (TPSA) is 89.9 Å². The molecule has 1 aromatic carbocycles. The first-order valence-electron chi connectivity index (χ1n) is 7.92. The number of halogens is 3. The number of benzene rings is 1. The number of hydrogen-bond donors (Lipinski definition) is 1. The predicted molar refractivity (Wildman–Crippen MR) is 106 cm³/mol. The second kappa shape index (κ2) is 7.32. The molecule has 0 spiro atoms. The smallest absolute Gasteiger partial charge is 0.327 e. The number of aryl methyl sites for hydroxylation is 1. The molecule has 0 bridgehead atoms. The van der Waals surface area contributed by atoms with E-state index in [0.717, 1.165) is 5.56 Å². The number of nitrogens with zero attached hydrogens (tertiary/aromatic N) is 4. The van der Waals surface area contributed by atoms with Crippen molar-refractivity contribution in [2.24, 2.45) is 0 Å². The molecule has 0 saturated heterocycles. The van der Waals surface area contributed by atoms with Gasteiger partial charge in [-0.05, 0) is 36.6 Å². The van der Waals surface area contributed by atoms with Crippen LogP contribution in [0.4, 0.5) is 11.8 Å². The molecule has 4 rings (SSSR count). The molecule has 0 aliphatic carbocycles. The Morgan fingerprint density at radius 2 is 1.89 bits per heavy atom. The zero-order valence-corrected chi connectivity index (χ0v) is 16.5. The fraction of sp³-hybridized carbons (Fsp3) is 0.111. The molecule has 140 valence electrons. The third-order valence-electron chi connectivity index (χ3n) is 3.73. The van der Waals surface area contributed by atoms with E-state index in [1.54, 1.807) is 6.20 Å². The Kier molecular flexibility index (Phi) is 4.85. The Labute approximate surface area is 174 Å². The van der Waals surface area contributed by atoms with E-state index in [1.165, 1.54) is 0 Å². The number of aromatic nitrogens is 4. The summed E-state index contributed by atoms with van der Waals surface area (Å²) in [7, 11) is 0. The van der Waals surface area contributed by atoms with Crippen molar-refractivity contribution in [2.45, 2.75) is 10.7 Å². The number of anilines is 2. The van der Waals surface area contributed by atoms with Crippen molar-refractivity contribution in [3.05, 3.63) is 59.2 Å². The Morgan fingerprint density at radius 3 is 2.61 bits per heavy atom. The number of rotatable bonds is 2. The lowest BCUT2D eigenvalue weighted by molar-refractivity contribution is 0.424. The van der Waals surface area contributed by atoms with Gasteiger partial charge in [0.15, 0.2) is 11.4 Å². The Hall–Kier alpha value is -2.79. The molecule has 10 heteroatoms. The second-order valence-corrected chi connectivity index (χ2v) is 7.96. The molecule has 0 aliphatic rings. The molecule has 0 saturated carbocycles. The first-order chi connectivity index (χ1) is 13.4. The van der Waals surface area contributed by atoms with E-state index in [9.17, 15) is 0 Å². The van der Waals surface area contributed by atoms with Gasteiger partial charge < -0.3 is 9.05 Å². The van der Waals surface area contributed by atoms with Crippen molar-refractivity contribution < 1.29 is 9.05 Å². The third kappa shape index (κ3) is 3.76. The molecule has 0 amide bonds. The lowest BCUT2D eigenvalue weighted by atomic mass is 10.1. The van der Waals surface area contributed by atoms with Crippen molar-refractivity contribution in [1.29, 1.82) is 0 Å². The van der Waals surface area contributed by atoms with E-state index in [-0.39, 0.29) is 11.8 Å². The van der Waals surface area contributed by atoms with Crippen molar-refractivity contribution in [2.75, 3.05) is 5.32 Å². The molecule has 28 heavy (non-hydrogen) atoms. The maximum Gasteiger partial charge on any atom is 0.327 e. The van der Waals surface area contributed by atoms with E-state index in [4.69, 9.17) is 43.8 Å². The third-order valence-corrected chi connectivity index (χ3v) is 4.24. The highest BCUT2D eigenvalue weighted by Gasteiger charge is 2.30. The average molecular weight is 435 g/mol. The molecule has 7 nitrogen and oxygen atoms in total. The summed E-state index contributed by atoms with van der Waals surface area (Å²) in [6, 6.07) is 9.30. The first-order valence-corrected chi connectivity index (χ1v) is 9.05. The zero-order chi connectivity index (χ0) is 19.7. The largest absolute Gasteiger partial charge is 0.353 e. The summed E-state index contributed by atoms with van der Waals surface area (Å²) in [6.45, 7) is 1.93. The van der Waals surface area contributed by atoms with E-state index < -0.39 is 3.79 Å². The SMILES string of the molecule is Cc1ccc2c(Nc3nc(C(Cl)(Cl)Cl)no3)noc2c1C#Cc1ccccn1. The molecule has 0 unspecified atom stereocenters. The highest BCUT2D eigenvalue weighted by atomic mass is 35.6. The van der Waals surface area contributed by atoms with Gasteiger partial charge in [0, 0.05) is 6.20 Å². The van der Waals surface area contributed by atoms with Gasteiger partial charge in [-0.15, -0.1) is 0 Å². The van der Waals surface area contributed by atoms with Gasteiger partial charge >= 0.3 is 6.01 Å². The average Bonchev–Trinajstić information content (AvgIpc) is 3.29. The quantitative estimate of drug-likeness (QED) is 0.355. The number of hydrogen-bond acceptors (Lipinski definition) is 7. The van der Waals surface area contributed by atoms with Crippen LogP contribution in [0.2, 0.25) is 0 Å². The summed E-state index contributed by atoms with van der Waals surface area (Å²) in [4.78, 5) is 8.17. The van der Waals surface area contributed by atoms with Crippen LogP contribution in [0.1, 0.15) is 22.6 Å². The van der Waals surface area contributed by atoms with Gasteiger partial charge in [0.05, 0.1) is 10.9 Å². The van der Waals surface area contributed by atoms with Crippen LogP contribution in [0.15, 0.2) is 45.6 Å². The predicted octanol–water partition coefficient (Wildman–Crippen LogP) is 4.88. The fourth-order valence-electron chi connectivity index (χ4n) is 2.40. The van der Waals surface area contributed by atoms with Gasteiger partial charge in [-0.3, -0.25) is 5.32 Å². The van der Waals surface area contributed by atoms with Gasteiger partial charge in [-0.25, -0.2) is 4.98 Å². The summed E-state index contributed by atoms with van der Waals surface area (Å²) in [5.74, 6) is 6.39. The second-order valence-electron chi connectivity index (χ2n) is 5.68. The minimum absolute atomic E-state index is 0.0122. The van der Waals surface area contributed by atoms with Crippen molar-refractivity contribution >= 4 is 57.6 Å². The van der Waals surface area contributed by atoms with Gasteiger partial charge in [0.25, 0.3) is 3.79 Å². The van der Waals surface area contributed by atoms with Gasteiger partial charge in [0.1, 0.15) is 5.69 Å². The fourth-order valence-corrected chi connectivity index (χ4v) is 2.63. The van der Waals surface area contributed by atoms with Gasteiger partial charge in [-0.2, -0.15) is 4.98 Å². The van der Waals surface area contributed by atoms with Gasteiger partial charge in [0.2, 0.25) is 5.82 Å². The summed E-state index contributed by atoms with van der Waals surface area (Å²) in [5.41, 5.74) is 2.82. The number of fused-ring (bicyclic) bond motifs is 1. The van der Waals surface area contributed by atoms with Crippen LogP contribution in [0, 0.1) is 18.8 Å². The number of nitrogens with one attached hydrogen (secondary N) is 1. The van der Waals surface area contributed by atoms with Crippen molar-refractivity contribution in [3.63, 3.8) is 0 Å². The van der Waals surface area contributed by atoms with Crippen LogP contribution in [0.25, 0.3) is 11.0 Å². The van der Waals surface area contributed by atoms with Crippen LogP contribution in [-0.4, -0.2) is 20.3 Å². The normalized spacial score (nSPS) is 11.3. The van der Waals surface area contributed by atoms with Crippen LogP contribution < -0.4 is 5.32 Å². The van der Waals surface area contributed by atoms with Gasteiger partial charge in [-0.1, -0.05) is 63.2 Å². The van der Waals surface area contributed by atoms with Crippen LogP contribution in [0.3, 0.4) is 0 Å². The molecule has 0 atom stereocenters. The highest BCUT2D eigenvalue weighted by Crippen LogP contribution is 2.37. The maximum absolute atomic E-state index is 5.74.